The van der Waals surface area contributed by atoms with Gasteiger partial charge in [0.15, 0.2) is 0 Å². The number of aromatic nitrogens is 2. The largest absolute Gasteiger partial charge is 0.344 e. The predicted octanol–water partition coefficient (Wildman–Crippen LogP) is 4.31. The Bertz CT molecular complexity index is 1150. The maximum atomic E-state index is 14.5. The van der Waals surface area contributed by atoms with Crippen molar-refractivity contribution in [3.63, 3.8) is 0 Å². The van der Waals surface area contributed by atoms with Gasteiger partial charge in [-0.05, 0) is 48.7 Å². The molecule has 3 atom stereocenters. The Morgan fingerprint density at radius 1 is 1.30 bits per heavy atom. The molecule has 0 spiro atoms. The average Bonchev–Trinajstić information content (AvgIpc) is 3.19. The van der Waals surface area contributed by atoms with E-state index in [1.54, 1.807) is 24.3 Å². The molecule has 3 aromatic rings. The van der Waals surface area contributed by atoms with E-state index in [9.17, 15) is 17.8 Å². The lowest BCUT2D eigenvalue weighted by Crippen LogP contribution is -2.44. The molecule has 0 aliphatic carbocycles. The second-order valence-corrected chi connectivity index (χ2v) is 9.32. The Morgan fingerprint density at radius 2 is 2.07 bits per heavy atom. The number of halogens is 3. The van der Waals surface area contributed by atoms with Crippen LogP contribution in [0.25, 0.3) is 11.3 Å². The standard InChI is InChI=1S/C21H18ClF2N3O2S/c1-11-15(23)5-6-16(24)18(11)20-14(10-25-27-20)21(28)26-19(17-7-8-30(17)29)12-3-2-4-13(22)9-12/h2-6,9-10,17,19H,7-8H2,1H3,(H,25,27)(H,26,28). The van der Waals surface area contributed by atoms with Crippen LogP contribution in [-0.4, -0.2) is 31.3 Å². The van der Waals surface area contributed by atoms with Crippen molar-refractivity contribution < 1.29 is 17.8 Å². The van der Waals surface area contributed by atoms with E-state index in [2.05, 4.69) is 15.5 Å². The summed E-state index contributed by atoms with van der Waals surface area (Å²) in [7, 11) is -1.07. The first kappa shape index (κ1) is 20.7. The Kier molecular flexibility index (Phi) is 5.71. The van der Waals surface area contributed by atoms with E-state index < -0.39 is 34.4 Å². The van der Waals surface area contributed by atoms with Crippen LogP contribution in [-0.2, 0) is 10.8 Å². The zero-order valence-corrected chi connectivity index (χ0v) is 17.5. The molecule has 5 nitrogen and oxygen atoms in total. The van der Waals surface area contributed by atoms with Gasteiger partial charge in [-0.1, -0.05) is 23.7 Å². The molecule has 9 heteroatoms. The zero-order valence-electron chi connectivity index (χ0n) is 15.9. The SMILES string of the molecule is Cc1c(F)ccc(F)c1-c1[nH]ncc1C(=O)NC(c1cccc(Cl)c1)C1CCS1=O. The van der Waals surface area contributed by atoms with Crippen LogP contribution in [0.4, 0.5) is 8.78 Å². The summed E-state index contributed by atoms with van der Waals surface area (Å²) in [5.41, 5.74) is 0.900. The summed E-state index contributed by atoms with van der Waals surface area (Å²) in [4.78, 5) is 13.1. The highest BCUT2D eigenvalue weighted by molar-refractivity contribution is 7.87. The Labute approximate surface area is 179 Å². The number of hydrogen-bond donors (Lipinski definition) is 2. The van der Waals surface area contributed by atoms with E-state index in [1.807, 2.05) is 0 Å². The molecule has 30 heavy (non-hydrogen) atoms. The van der Waals surface area contributed by atoms with Crippen LogP contribution in [0.2, 0.25) is 5.02 Å². The maximum Gasteiger partial charge on any atom is 0.255 e. The normalized spacial score (nSPS) is 19.2. The third kappa shape index (κ3) is 3.77. The smallest absolute Gasteiger partial charge is 0.255 e. The molecule has 1 aliphatic heterocycles. The van der Waals surface area contributed by atoms with Gasteiger partial charge in [-0.2, -0.15) is 5.10 Å². The molecule has 1 fully saturated rings. The minimum Gasteiger partial charge on any atom is -0.344 e. The van der Waals surface area contributed by atoms with Crippen LogP contribution in [0, 0.1) is 18.6 Å². The van der Waals surface area contributed by atoms with Crippen molar-refractivity contribution in [1.82, 2.24) is 15.5 Å². The van der Waals surface area contributed by atoms with Crippen LogP contribution in [0.15, 0.2) is 42.6 Å². The monoisotopic (exact) mass is 449 g/mol. The molecule has 1 saturated heterocycles. The number of amides is 1. The Balaban J connectivity index is 1.69. The molecule has 0 saturated carbocycles. The quantitative estimate of drug-likeness (QED) is 0.609. The van der Waals surface area contributed by atoms with Crippen molar-refractivity contribution in [3.8, 4) is 11.3 Å². The summed E-state index contributed by atoms with van der Waals surface area (Å²) in [6, 6.07) is 8.50. The molecule has 2 heterocycles. The van der Waals surface area contributed by atoms with Crippen molar-refractivity contribution in [3.05, 3.63) is 75.9 Å². The molecule has 1 aliphatic rings. The molecular weight excluding hydrogens is 432 g/mol. The zero-order chi connectivity index (χ0) is 21.4. The van der Waals surface area contributed by atoms with Gasteiger partial charge >= 0.3 is 0 Å². The molecule has 4 rings (SSSR count). The number of H-pyrrole nitrogens is 1. The van der Waals surface area contributed by atoms with Gasteiger partial charge in [0.25, 0.3) is 5.91 Å². The Hall–Kier alpha value is -2.58. The van der Waals surface area contributed by atoms with Gasteiger partial charge in [0.2, 0.25) is 0 Å². The van der Waals surface area contributed by atoms with Gasteiger partial charge in [0, 0.05) is 27.1 Å². The number of nitrogens with zero attached hydrogens (tertiary/aromatic N) is 1. The molecular formula is C21H18ClF2N3O2S. The van der Waals surface area contributed by atoms with Gasteiger partial charge in [-0.25, -0.2) is 8.78 Å². The molecule has 1 aromatic heterocycles. The summed E-state index contributed by atoms with van der Waals surface area (Å²) in [6.45, 7) is 1.43. The van der Waals surface area contributed by atoms with Crippen molar-refractivity contribution >= 4 is 28.3 Å². The summed E-state index contributed by atoms with van der Waals surface area (Å²) in [5, 5.41) is 9.60. The van der Waals surface area contributed by atoms with Crippen LogP contribution in [0.1, 0.15) is 33.9 Å². The van der Waals surface area contributed by atoms with E-state index in [0.717, 1.165) is 17.7 Å². The summed E-state index contributed by atoms with van der Waals surface area (Å²) >= 11 is 6.10. The summed E-state index contributed by atoms with van der Waals surface area (Å²) < 4.78 is 40.7. The molecule has 156 valence electrons. The van der Waals surface area contributed by atoms with Crippen LogP contribution in [0.5, 0.6) is 0 Å². The minimum absolute atomic E-state index is 0.0517. The van der Waals surface area contributed by atoms with Gasteiger partial charge in [0.05, 0.1) is 28.7 Å². The van der Waals surface area contributed by atoms with E-state index in [-0.39, 0.29) is 27.6 Å². The van der Waals surface area contributed by atoms with Crippen molar-refractivity contribution in [1.29, 1.82) is 0 Å². The van der Waals surface area contributed by atoms with E-state index in [1.165, 1.54) is 13.1 Å². The third-order valence-electron chi connectivity index (χ3n) is 5.29. The number of benzene rings is 2. The summed E-state index contributed by atoms with van der Waals surface area (Å²) in [5.74, 6) is -1.22. The van der Waals surface area contributed by atoms with E-state index >= 15 is 0 Å². The van der Waals surface area contributed by atoms with Crippen LogP contribution < -0.4 is 5.32 Å². The highest BCUT2D eigenvalue weighted by Gasteiger charge is 2.37. The molecule has 3 unspecified atom stereocenters. The maximum absolute atomic E-state index is 14.5. The fourth-order valence-electron chi connectivity index (χ4n) is 3.59. The lowest BCUT2D eigenvalue weighted by Gasteiger charge is -2.33. The number of aromatic amines is 1. The van der Waals surface area contributed by atoms with Crippen molar-refractivity contribution in [2.45, 2.75) is 24.6 Å². The molecule has 1 amide bonds. The number of rotatable bonds is 5. The Morgan fingerprint density at radius 3 is 2.73 bits per heavy atom. The average molecular weight is 450 g/mol. The number of nitrogens with one attached hydrogen (secondary N) is 2. The first-order valence-corrected chi connectivity index (χ1v) is 11.0. The lowest BCUT2D eigenvalue weighted by molar-refractivity contribution is 0.0935. The van der Waals surface area contributed by atoms with Gasteiger partial charge < -0.3 is 5.32 Å². The molecule has 2 aromatic carbocycles. The topological polar surface area (TPSA) is 74.8 Å². The van der Waals surface area contributed by atoms with E-state index in [4.69, 9.17) is 11.6 Å². The minimum atomic E-state index is -1.07. The lowest BCUT2D eigenvalue weighted by atomic mass is 9.99. The number of hydrogen-bond acceptors (Lipinski definition) is 3. The summed E-state index contributed by atoms with van der Waals surface area (Å²) in [6.07, 6.45) is 1.96. The number of carbonyl (C=O) groups is 1. The highest BCUT2D eigenvalue weighted by Crippen LogP contribution is 2.33. The predicted molar refractivity (Wildman–Crippen MR) is 112 cm³/mol. The molecule has 0 radical (unpaired) electrons. The third-order valence-corrected chi connectivity index (χ3v) is 7.35. The first-order valence-electron chi connectivity index (χ1n) is 9.28. The second-order valence-electron chi connectivity index (χ2n) is 7.11. The molecule has 0 bridgehead atoms. The first-order chi connectivity index (χ1) is 14.4. The fourth-order valence-corrected chi connectivity index (χ4v) is 5.02. The second kappa shape index (κ2) is 8.28. The highest BCUT2D eigenvalue weighted by atomic mass is 35.5. The van der Waals surface area contributed by atoms with Crippen LogP contribution >= 0.6 is 11.6 Å². The van der Waals surface area contributed by atoms with Crippen molar-refractivity contribution in [2.75, 3.05) is 5.75 Å². The van der Waals surface area contributed by atoms with Crippen LogP contribution in [0.3, 0.4) is 0 Å². The van der Waals surface area contributed by atoms with Gasteiger partial charge in [0.1, 0.15) is 11.6 Å². The van der Waals surface area contributed by atoms with Crippen molar-refractivity contribution in [2.24, 2.45) is 0 Å². The molecule has 2 N–H and O–H groups in total. The van der Waals surface area contributed by atoms with Gasteiger partial charge in [-0.3, -0.25) is 14.1 Å². The number of carbonyl (C=O) groups excluding carboxylic acids is 1. The van der Waals surface area contributed by atoms with Gasteiger partial charge in [-0.15, -0.1) is 0 Å². The van der Waals surface area contributed by atoms with E-state index in [0.29, 0.717) is 17.2 Å². The fraction of sp³-hybridized carbons (Fsp3) is 0.238.